The Morgan fingerprint density at radius 2 is 1.68 bits per heavy atom. The van der Waals surface area contributed by atoms with E-state index in [1.54, 1.807) is 39.8 Å². The average molecular weight is 544 g/mol. The fraction of sp³-hybridized carbons (Fsp3) is 0.483. The number of hydrogen-bond acceptors (Lipinski definition) is 6. The van der Waals surface area contributed by atoms with Crippen molar-refractivity contribution in [3.05, 3.63) is 58.7 Å². The molecule has 0 aromatic heterocycles. The van der Waals surface area contributed by atoms with Gasteiger partial charge in [0.1, 0.15) is 23.4 Å². The highest BCUT2D eigenvalue weighted by Crippen LogP contribution is 2.30. The summed E-state index contributed by atoms with van der Waals surface area (Å²) in [5.41, 5.74) is 2.85. The second-order valence-corrected chi connectivity index (χ2v) is 10.8. The van der Waals surface area contributed by atoms with Gasteiger partial charge in [0, 0.05) is 18.0 Å². The molecule has 2 aromatic carbocycles. The minimum Gasteiger partial charge on any atom is -0.508 e. The molecule has 0 saturated carbocycles. The molecule has 0 fully saturated rings. The summed E-state index contributed by atoms with van der Waals surface area (Å²) in [6.07, 6.45) is 0.688. The standard InChI is InChI=1S/C29H41N3O5S/c1-8-9-15-32(27(35)22(17-38)30-28(36)37-29(5,6)7)25(21-13-14-23(33)20(4)16-21)26(34)31-24-18(2)11-10-12-19(24)3/h10-14,16,22,25,33,38H,8-9,15,17H2,1-7H3,(H,30,36)(H,31,34). The van der Waals surface area contributed by atoms with Gasteiger partial charge in [-0.3, -0.25) is 9.59 Å². The van der Waals surface area contributed by atoms with Crippen LogP contribution in [-0.4, -0.2) is 51.9 Å². The number of aryl methyl sites for hydroxylation is 3. The zero-order valence-electron chi connectivity index (χ0n) is 23.4. The number of nitrogens with one attached hydrogen (secondary N) is 2. The van der Waals surface area contributed by atoms with Gasteiger partial charge in [-0.25, -0.2) is 4.79 Å². The van der Waals surface area contributed by atoms with Crippen molar-refractivity contribution in [3.8, 4) is 5.75 Å². The maximum atomic E-state index is 13.9. The molecule has 3 N–H and O–H groups in total. The molecule has 0 radical (unpaired) electrons. The Hall–Kier alpha value is -3.20. The van der Waals surface area contributed by atoms with Crippen LogP contribution >= 0.6 is 12.6 Å². The normalized spacial score (nSPS) is 12.8. The number of ether oxygens (including phenoxy) is 1. The van der Waals surface area contributed by atoms with Gasteiger partial charge in [-0.1, -0.05) is 37.6 Å². The number of para-hydroxylation sites is 1. The number of carbonyl (C=O) groups excluding carboxylic acids is 3. The topological polar surface area (TPSA) is 108 Å². The lowest BCUT2D eigenvalue weighted by Crippen LogP contribution is -2.53. The molecule has 0 aliphatic rings. The number of nitrogens with zero attached hydrogens (tertiary/aromatic N) is 1. The van der Waals surface area contributed by atoms with Crippen molar-refractivity contribution >= 4 is 36.2 Å². The van der Waals surface area contributed by atoms with E-state index in [2.05, 4.69) is 23.3 Å². The highest BCUT2D eigenvalue weighted by Gasteiger charge is 2.36. The molecule has 2 aromatic rings. The summed E-state index contributed by atoms with van der Waals surface area (Å²) < 4.78 is 5.35. The molecule has 8 nitrogen and oxygen atoms in total. The van der Waals surface area contributed by atoms with Crippen LogP contribution in [0.3, 0.4) is 0 Å². The van der Waals surface area contributed by atoms with Gasteiger partial charge in [-0.15, -0.1) is 0 Å². The Morgan fingerprint density at radius 3 is 2.21 bits per heavy atom. The van der Waals surface area contributed by atoms with Gasteiger partial charge in [0.2, 0.25) is 5.91 Å². The van der Waals surface area contributed by atoms with Gasteiger partial charge < -0.3 is 25.4 Å². The third kappa shape index (κ3) is 8.41. The molecule has 2 rings (SSSR count). The first kappa shape index (κ1) is 31.0. The zero-order valence-corrected chi connectivity index (χ0v) is 24.3. The molecule has 3 amide bonds. The predicted molar refractivity (Wildman–Crippen MR) is 154 cm³/mol. The van der Waals surface area contributed by atoms with E-state index in [4.69, 9.17) is 4.74 Å². The first-order chi connectivity index (χ1) is 17.8. The lowest BCUT2D eigenvalue weighted by Gasteiger charge is -2.34. The van der Waals surface area contributed by atoms with Crippen molar-refractivity contribution in [2.75, 3.05) is 17.6 Å². The van der Waals surface area contributed by atoms with E-state index in [9.17, 15) is 19.5 Å². The van der Waals surface area contributed by atoms with Crippen LogP contribution in [0.25, 0.3) is 0 Å². The van der Waals surface area contributed by atoms with Gasteiger partial charge in [0.15, 0.2) is 0 Å². The monoisotopic (exact) mass is 543 g/mol. The van der Waals surface area contributed by atoms with Crippen molar-refractivity contribution in [3.63, 3.8) is 0 Å². The average Bonchev–Trinajstić information content (AvgIpc) is 2.83. The van der Waals surface area contributed by atoms with E-state index in [0.717, 1.165) is 17.5 Å². The van der Waals surface area contributed by atoms with E-state index < -0.39 is 35.6 Å². The van der Waals surface area contributed by atoms with Gasteiger partial charge in [0.05, 0.1) is 0 Å². The van der Waals surface area contributed by atoms with Gasteiger partial charge >= 0.3 is 6.09 Å². The molecule has 9 heteroatoms. The number of rotatable bonds is 10. The molecule has 2 atom stereocenters. The second-order valence-electron chi connectivity index (χ2n) is 10.5. The summed E-state index contributed by atoms with van der Waals surface area (Å²) in [4.78, 5) is 41.8. The predicted octanol–water partition coefficient (Wildman–Crippen LogP) is 5.45. The molecule has 0 heterocycles. The third-order valence-corrected chi connectivity index (χ3v) is 6.40. The number of phenolic OH excluding ortho intramolecular Hbond substituents is 1. The summed E-state index contributed by atoms with van der Waals surface area (Å²) >= 11 is 4.32. The zero-order chi connectivity index (χ0) is 28.6. The van der Waals surface area contributed by atoms with Gasteiger partial charge in [-0.2, -0.15) is 12.6 Å². The number of carbonyl (C=O) groups is 3. The molecule has 0 aliphatic carbocycles. The summed E-state index contributed by atoms with van der Waals surface area (Å²) in [5.74, 6) is -0.742. The van der Waals surface area contributed by atoms with E-state index >= 15 is 0 Å². The molecule has 0 saturated heterocycles. The first-order valence-electron chi connectivity index (χ1n) is 12.9. The summed E-state index contributed by atoms with van der Waals surface area (Å²) in [7, 11) is 0. The minimum atomic E-state index is -1.02. The Kier molecular flexibility index (Phi) is 11.1. The van der Waals surface area contributed by atoms with E-state index in [-0.39, 0.29) is 18.0 Å². The van der Waals surface area contributed by atoms with Gasteiger partial charge in [0.25, 0.3) is 5.91 Å². The molecule has 0 aliphatic heterocycles. The molecule has 0 spiro atoms. The lowest BCUT2D eigenvalue weighted by molar-refractivity contribution is -0.140. The molecule has 2 unspecified atom stereocenters. The van der Waals surface area contributed by atoms with Crippen LogP contribution in [0.5, 0.6) is 5.75 Å². The van der Waals surface area contributed by atoms with Crippen LogP contribution in [0.15, 0.2) is 36.4 Å². The number of alkyl carbamates (subject to hydrolysis) is 1. The second kappa shape index (κ2) is 13.6. The minimum absolute atomic E-state index is 0.0144. The highest BCUT2D eigenvalue weighted by atomic mass is 32.1. The molecule has 38 heavy (non-hydrogen) atoms. The number of hydrogen-bond donors (Lipinski definition) is 4. The van der Waals surface area contributed by atoms with Crippen molar-refractivity contribution in [1.82, 2.24) is 10.2 Å². The molecular formula is C29H41N3O5S. The Bertz CT molecular complexity index is 1130. The van der Waals surface area contributed by atoms with Crippen molar-refractivity contribution in [1.29, 1.82) is 0 Å². The fourth-order valence-corrected chi connectivity index (χ4v) is 4.30. The molecular weight excluding hydrogens is 502 g/mol. The maximum Gasteiger partial charge on any atom is 0.408 e. The third-order valence-electron chi connectivity index (χ3n) is 6.03. The molecule has 0 bridgehead atoms. The van der Waals surface area contributed by atoms with Crippen LogP contribution in [0, 0.1) is 20.8 Å². The van der Waals surface area contributed by atoms with Crippen LogP contribution in [0.2, 0.25) is 0 Å². The summed E-state index contributed by atoms with van der Waals surface area (Å²) in [6, 6.07) is 8.55. The number of unbranched alkanes of at least 4 members (excludes halogenated alkanes) is 1. The summed E-state index contributed by atoms with van der Waals surface area (Å²) in [5, 5.41) is 15.8. The maximum absolute atomic E-state index is 13.9. The quantitative estimate of drug-likeness (QED) is 0.298. The van der Waals surface area contributed by atoms with Crippen LogP contribution < -0.4 is 10.6 Å². The Labute approximate surface area is 231 Å². The lowest BCUT2D eigenvalue weighted by atomic mass is 9.99. The van der Waals surface area contributed by atoms with Crippen LogP contribution in [-0.2, 0) is 14.3 Å². The molecule has 208 valence electrons. The van der Waals surface area contributed by atoms with Crippen molar-refractivity contribution in [2.24, 2.45) is 0 Å². The van der Waals surface area contributed by atoms with E-state index in [1.165, 1.54) is 11.0 Å². The van der Waals surface area contributed by atoms with Crippen molar-refractivity contribution in [2.45, 2.75) is 79.0 Å². The fourth-order valence-electron chi connectivity index (χ4n) is 4.06. The van der Waals surface area contributed by atoms with Crippen molar-refractivity contribution < 1.29 is 24.2 Å². The van der Waals surface area contributed by atoms with Gasteiger partial charge in [-0.05, 0) is 82.3 Å². The number of amides is 3. The van der Waals surface area contributed by atoms with E-state index in [0.29, 0.717) is 23.2 Å². The van der Waals surface area contributed by atoms with Crippen LogP contribution in [0.4, 0.5) is 10.5 Å². The Balaban J connectivity index is 2.55. The number of phenols is 1. The number of thiol groups is 1. The largest absolute Gasteiger partial charge is 0.508 e. The Morgan fingerprint density at radius 1 is 1.05 bits per heavy atom. The number of aromatic hydroxyl groups is 1. The smallest absolute Gasteiger partial charge is 0.408 e. The SMILES string of the molecule is CCCCN(C(=O)C(CS)NC(=O)OC(C)(C)C)C(C(=O)Nc1c(C)cccc1C)c1ccc(O)c(C)c1. The number of anilines is 1. The number of benzene rings is 2. The highest BCUT2D eigenvalue weighted by molar-refractivity contribution is 7.80. The van der Waals surface area contributed by atoms with Crippen LogP contribution in [0.1, 0.15) is 68.8 Å². The van der Waals surface area contributed by atoms with E-state index in [1.807, 2.05) is 39.0 Å². The summed E-state index contributed by atoms with van der Waals surface area (Å²) in [6.45, 7) is 13.0. The first-order valence-corrected chi connectivity index (χ1v) is 13.5.